The quantitative estimate of drug-likeness (QED) is 0.734. The molecule has 0 fully saturated rings. The molecule has 1 unspecified atom stereocenters. The molecular formula is C13H25N3. The predicted octanol–water partition coefficient (Wildman–Crippen LogP) is 2.52. The summed E-state index contributed by atoms with van der Waals surface area (Å²) in [5.41, 5.74) is 1.22. The second-order valence-corrected chi connectivity index (χ2v) is 4.43. The van der Waals surface area contributed by atoms with Gasteiger partial charge in [-0.1, -0.05) is 13.8 Å². The van der Waals surface area contributed by atoms with Crippen LogP contribution in [0.4, 0.5) is 0 Å². The first kappa shape index (κ1) is 13.2. The highest BCUT2D eigenvalue weighted by Crippen LogP contribution is 2.06. The maximum atomic E-state index is 4.39. The summed E-state index contributed by atoms with van der Waals surface area (Å²) in [5.74, 6) is 0. The Balaban J connectivity index is 2.17. The average Bonchev–Trinajstić information content (AvgIpc) is 2.69. The van der Waals surface area contributed by atoms with E-state index in [1.165, 1.54) is 31.4 Å². The number of rotatable bonds is 8. The van der Waals surface area contributed by atoms with Crippen molar-refractivity contribution in [1.29, 1.82) is 0 Å². The zero-order valence-electron chi connectivity index (χ0n) is 10.9. The lowest BCUT2D eigenvalue weighted by Gasteiger charge is -2.15. The highest BCUT2D eigenvalue weighted by Gasteiger charge is 2.05. The van der Waals surface area contributed by atoms with E-state index in [1.807, 2.05) is 17.9 Å². The number of nitrogens with one attached hydrogen (secondary N) is 1. The van der Waals surface area contributed by atoms with Gasteiger partial charge in [-0.05, 0) is 44.7 Å². The fraction of sp³-hybridized carbons (Fsp3) is 0.769. The van der Waals surface area contributed by atoms with Gasteiger partial charge in [-0.25, -0.2) is 0 Å². The smallest absolute Gasteiger partial charge is 0.0624 e. The lowest BCUT2D eigenvalue weighted by molar-refractivity contribution is 0.454. The molecule has 1 heterocycles. The van der Waals surface area contributed by atoms with Crippen LogP contribution >= 0.6 is 0 Å². The van der Waals surface area contributed by atoms with Crippen molar-refractivity contribution in [1.82, 2.24) is 15.1 Å². The SMILES string of the molecule is CCCNC(CC)CCCc1ccn(C)n1. The molecule has 0 aromatic carbocycles. The van der Waals surface area contributed by atoms with E-state index in [1.54, 1.807) is 0 Å². The maximum Gasteiger partial charge on any atom is 0.0624 e. The molecule has 0 bridgehead atoms. The van der Waals surface area contributed by atoms with Crippen molar-refractivity contribution in [2.45, 2.75) is 52.0 Å². The van der Waals surface area contributed by atoms with Crippen LogP contribution in [-0.2, 0) is 13.5 Å². The molecular weight excluding hydrogens is 198 g/mol. The Labute approximate surface area is 99.2 Å². The van der Waals surface area contributed by atoms with Gasteiger partial charge in [0.15, 0.2) is 0 Å². The summed E-state index contributed by atoms with van der Waals surface area (Å²) >= 11 is 0. The van der Waals surface area contributed by atoms with E-state index in [0.29, 0.717) is 6.04 Å². The van der Waals surface area contributed by atoms with Gasteiger partial charge in [0.1, 0.15) is 0 Å². The molecule has 1 rings (SSSR count). The molecule has 0 aliphatic rings. The molecule has 3 nitrogen and oxygen atoms in total. The number of aromatic nitrogens is 2. The highest BCUT2D eigenvalue weighted by molar-refractivity contribution is 4.98. The summed E-state index contributed by atoms with van der Waals surface area (Å²) in [6.45, 7) is 5.61. The first-order chi connectivity index (χ1) is 7.76. The topological polar surface area (TPSA) is 29.9 Å². The van der Waals surface area contributed by atoms with Crippen LogP contribution in [0.3, 0.4) is 0 Å². The van der Waals surface area contributed by atoms with Gasteiger partial charge in [-0.2, -0.15) is 5.10 Å². The molecule has 16 heavy (non-hydrogen) atoms. The van der Waals surface area contributed by atoms with Crippen molar-refractivity contribution in [2.75, 3.05) is 6.54 Å². The van der Waals surface area contributed by atoms with Crippen molar-refractivity contribution >= 4 is 0 Å². The van der Waals surface area contributed by atoms with Gasteiger partial charge in [0.2, 0.25) is 0 Å². The van der Waals surface area contributed by atoms with Gasteiger partial charge >= 0.3 is 0 Å². The van der Waals surface area contributed by atoms with Crippen molar-refractivity contribution in [2.24, 2.45) is 7.05 Å². The number of hydrogen-bond donors (Lipinski definition) is 1. The van der Waals surface area contributed by atoms with Gasteiger partial charge < -0.3 is 5.32 Å². The van der Waals surface area contributed by atoms with Gasteiger partial charge in [0.05, 0.1) is 5.69 Å². The molecule has 92 valence electrons. The third-order valence-electron chi connectivity index (χ3n) is 2.93. The van der Waals surface area contributed by atoms with Crippen molar-refractivity contribution in [3.63, 3.8) is 0 Å². The fourth-order valence-electron chi connectivity index (χ4n) is 1.93. The van der Waals surface area contributed by atoms with E-state index in [4.69, 9.17) is 0 Å². The monoisotopic (exact) mass is 223 g/mol. The Kier molecular flexibility index (Phi) is 6.16. The minimum absolute atomic E-state index is 0.684. The molecule has 0 aliphatic carbocycles. The van der Waals surface area contributed by atoms with Gasteiger partial charge in [-0.15, -0.1) is 0 Å². The van der Waals surface area contributed by atoms with E-state index < -0.39 is 0 Å². The highest BCUT2D eigenvalue weighted by atomic mass is 15.2. The van der Waals surface area contributed by atoms with Crippen LogP contribution in [0.15, 0.2) is 12.3 Å². The summed E-state index contributed by atoms with van der Waals surface area (Å²) in [4.78, 5) is 0. The zero-order chi connectivity index (χ0) is 11.8. The minimum Gasteiger partial charge on any atom is -0.314 e. The standard InChI is InChI=1S/C13H25N3/c1-4-10-14-12(5-2)7-6-8-13-9-11-16(3)15-13/h9,11-12,14H,4-8,10H2,1-3H3. The molecule has 0 spiro atoms. The van der Waals surface area contributed by atoms with Crippen LogP contribution < -0.4 is 5.32 Å². The summed E-state index contributed by atoms with van der Waals surface area (Å²) in [6.07, 6.45) is 8.05. The number of hydrogen-bond acceptors (Lipinski definition) is 2. The van der Waals surface area contributed by atoms with Gasteiger partial charge in [-0.3, -0.25) is 4.68 Å². The summed E-state index contributed by atoms with van der Waals surface area (Å²) in [5, 5.41) is 7.98. The Morgan fingerprint density at radius 1 is 1.44 bits per heavy atom. The van der Waals surface area contributed by atoms with E-state index in [0.717, 1.165) is 13.0 Å². The van der Waals surface area contributed by atoms with Crippen LogP contribution in [0.2, 0.25) is 0 Å². The van der Waals surface area contributed by atoms with Gasteiger partial charge in [0.25, 0.3) is 0 Å². The second-order valence-electron chi connectivity index (χ2n) is 4.43. The molecule has 1 aromatic heterocycles. The molecule has 0 amide bonds. The Hall–Kier alpha value is -0.830. The van der Waals surface area contributed by atoms with Crippen LogP contribution in [-0.4, -0.2) is 22.4 Å². The molecule has 0 saturated heterocycles. The van der Waals surface area contributed by atoms with E-state index >= 15 is 0 Å². The molecule has 0 radical (unpaired) electrons. The lowest BCUT2D eigenvalue weighted by Crippen LogP contribution is -2.29. The van der Waals surface area contributed by atoms with Crippen molar-refractivity contribution in [3.8, 4) is 0 Å². The normalized spacial score (nSPS) is 12.9. The van der Waals surface area contributed by atoms with Crippen LogP contribution in [0.1, 0.15) is 45.2 Å². The first-order valence-electron chi connectivity index (χ1n) is 6.48. The summed E-state index contributed by atoms with van der Waals surface area (Å²) < 4.78 is 1.88. The largest absolute Gasteiger partial charge is 0.314 e. The zero-order valence-corrected chi connectivity index (χ0v) is 10.9. The van der Waals surface area contributed by atoms with Crippen LogP contribution in [0.5, 0.6) is 0 Å². The lowest BCUT2D eigenvalue weighted by atomic mass is 10.1. The third kappa shape index (κ3) is 4.79. The molecule has 0 saturated carbocycles. The Bertz CT molecular complexity index is 280. The molecule has 0 aliphatic heterocycles. The number of aryl methyl sites for hydroxylation is 2. The van der Waals surface area contributed by atoms with Crippen LogP contribution in [0.25, 0.3) is 0 Å². The first-order valence-corrected chi connectivity index (χ1v) is 6.48. The minimum atomic E-state index is 0.684. The second kappa shape index (κ2) is 7.44. The van der Waals surface area contributed by atoms with E-state index in [-0.39, 0.29) is 0 Å². The maximum absolute atomic E-state index is 4.39. The average molecular weight is 223 g/mol. The Morgan fingerprint density at radius 2 is 2.25 bits per heavy atom. The summed E-state index contributed by atoms with van der Waals surface area (Å²) in [7, 11) is 1.97. The molecule has 1 atom stereocenters. The van der Waals surface area contributed by atoms with Gasteiger partial charge in [0, 0.05) is 19.3 Å². The fourth-order valence-corrected chi connectivity index (χ4v) is 1.93. The third-order valence-corrected chi connectivity index (χ3v) is 2.93. The Morgan fingerprint density at radius 3 is 2.81 bits per heavy atom. The molecule has 1 N–H and O–H groups in total. The van der Waals surface area contributed by atoms with E-state index in [9.17, 15) is 0 Å². The molecule has 3 heteroatoms. The number of nitrogens with zero attached hydrogens (tertiary/aromatic N) is 2. The van der Waals surface area contributed by atoms with E-state index in [2.05, 4.69) is 30.3 Å². The van der Waals surface area contributed by atoms with Crippen LogP contribution in [0, 0.1) is 0 Å². The van der Waals surface area contributed by atoms with Crippen molar-refractivity contribution < 1.29 is 0 Å². The molecule has 1 aromatic rings. The predicted molar refractivity (Wildman–Crippen MR) is 68.5 cm³/mol. The van der Waals surface area contributed by atoms with Crippen molar-refractivity contribution in [3.05, 3.63) is 18.0 Å². The summed E-state index contributed by atoms with van der Waals surface area (Å²) in [6, 6.07) is 2.80.